The summed E-state index contributed by atoms with van der Waals surface area (Å²) in [6, 6.07) is 12.5. The monoisotopic (exact) mass is 326 g/mol. The van der Waals surface area contributed by atoms with Crippen LogP contribution in [-0.2, 0) is 9.59 Å². The van der Waals surface area contributed by atoms with E-state index in [4.69, 9.17) is 9.52 Å². The van der Waals surface area contributed by atoms with E-state index in [-0.39, 0.29) is 6.61 Å². The predicted molar refractivity (Wildman–Crippen MR) is 91.7 cm³/mol. The van der Waals surface area contributed by atoms with E-state index >= 15 is 0 Å². The molecule has 6 heteroatoms. The molecule has 0 aliphatic carbocycles. The van der Waals surface area contributed by atoms with Crippen molar-refractivity contribution in [1.82, 2.24) is 5.32 Å². The largest absolute Gasteiger partial charge is 0.456 e. The third-order valence-electron chi connectivity index (χ3n) is 3.89. The van der Waals surface area contributed by atoms with Gasteiger partial charge >= 0.3 is 11.8 Å². The van der Waals surface area contributed by atoms with Gasteiger partial charge in [-0.3, -0.25) is 9.59 Å². The fourth-order valence-electron chi connectivity index (χ4n) is 2.52. The Morgan fingerprint density at radius 1 is 1.08 bits per heavy atom. The maximum atomic E-state index is 12.0. The molecule has 3 aromatic rings. The minimum absolute atomic E-state index is 0.208. The summed E-state index contributed by atoms with van der Waals surface area (Å²) >= 11 is 0. The first kappa shape index (κ1) is 16.0. The number of rotatable bonds is 4. The molecule has 0 fully saturated rings. The number of hydrogen-bond acceptors (Lipinski definition) is 4. The van der Waals surface area contributed by atoms with Crippen molar-refractivity contribution in [3.63, 3.8) is 0 Å². The molecule has 24 heavy (non-hydrogen) atoms. The Morgan fingerprint density at radius 3 is 2.58 bits per heavy atom. The van der Waals surface area contributed by atoms with Crippen LogP contribution in [0, 0.1) is 0 Å². The summed E-state index contributed by atoms with van der Waals surface area (Å²) in [6.45, 7) is 1.61. The van der Waals surface area contributed by atoms with Gasteiger partial charge in [-0.25, -0.2) is 0 Å². The highest BCUT2D eigenvalue weighted by atomic mass is 16.3. The molecule has 0 aliphatic rings. The lowest BCUT2D eigenvalue weighted by Crippen LogP contribution is -2.43. The van der Waals surface area contributed by atoms with Gasteiger partial charge in [0.2, 0.25) is 0 Å². The molecule has 0 saturated heterocycles. The van der Waals surface area contributed by atoms with Gasteiger partial charge in [0.25, 0.3) is 0 Å². The number of nitrogens with one attached hydrogen (secondary N) is 2. The normalized spacial score (nSPS) is 12.2. The van der Waals surface area contributed by atoms with E-state index in [0.29, 0.717) is 17.7 Å². The smallest absolute Gasteiger partial charge is 0.313 e. The molecular weight excluding hydrogens is 308 g/mol. The van der Waals surface area contributed by atoms with Crippen molar-refractivity contribution < 1.29 is 19.1 Å². The molecule has 0 bridgehead atoms. The predicted octanol–water partition coefficient (Wildman–Crippen LogP) is 2.41. The lowest BCUT2D eigenvalue weighted by Gasteiger charge is -2.13. The second-order valence-corrected chi connectivity index (χ2v) is 5.52. The van der Waals surface area contributed by atoms with Crippen LogP contribution in [0.5, 0.6) is 0 Å². The molecule has 6 nitrogen and oxygen atoms in total. The van der Waals surface area contributed by atoms with Crippen LogP contribution in [0.2, 0.25) is 0 Å². The number of furan rings is 1. The average Bonchev–Trinajstić information content (AvgIpc) is 2.97. The van der Waals surface area contributed by atoms with Crippen LogP contribution in [-0.4, -0.2) is 29.6 Å². The Bertz CT molecular complexity index is 896. The third-order valence-corrected chi connectivity index (χ3v) is 3.89. The highest BCUT2D eigenvalue weighted by Gasteiger charge is 2.17. The molecule has 0 radical (unpaired) electrons. The van der Waals surface area contributed by atoms with Crippen LogP contribution in [0.15, 0.2) is 46.9 Å². The Balaban J connectivity index is 1.78. The van der Waals surface area contributed by atoms with Crippen LogP contribution in [0.1, 0.15) is 13.3 Å². The highest BCUT2D eigenvalue weighted by Crippen LogP contribution is 2.30. The Kier molecular flexibility index (Phi) is 4.48. The summed E-state index contributed by atoms with van der Waals surface area (Å²) in [4.78, 5) is 23.8. The second kappa shape index (κ2) is 6.72. The standard InChI is InChI=1S/C18H18N2O4/c1-2-11(10-21)19-17(22)18(23)20-12-7-8-14-13-5-3-4-6-15(13)24-16(14)9-12/h3-9,11,21H,2,10H2,1H3,(H,19,22)(H,20,23). The zero-order valence-corrected chi connectivity index (χ0v) is 13.2. The third kappa shape index (κ3) is 3.09. The van der Waals surface area contributed by atoms with E-state index < -0.39 is 17.9 Å². The molecule has 2 aromatic carbocycles. The topological polar surface area (TPSA) is 91.6 Å². The van der Waals surface area contributed by atoms with Gasteiger partial charge in [-0.05, 0) is 24.6 Å². The van der Waals surface area contributed by atoms with Gasteiger partial charge in [0, 0.05) is 22.5 Å². The molecule has 1 unspecified atom stereocenters. The number of hydrogen-bond donors (Lipinski definition) is 3. The molecule has 1 aromatic heterocycles. The van der Waals surface area contributed by atoms with Gasteiger partial charge in [0.1, 0.15) is 11.2 Å². The van der Waals surface area contributed by atoms with Crippen molar-refractivity contribution in [1.29, 1.82) is 0 Å². The first-order chi connectivity index (χ1) is 11.6. The van der Waals surface area contributed by atoms with E-state index in [2.05, 4.69) is 10.6 Å². The van der Waals surface area contributed by atoms with E-state index in [1.807, 2.05) is 37.3 Å². The maximum absolute atomic E-state index is 12.0. The number of aliphatic hydroxyl groups excluding tert-OH is 1. The number of aliphatic hydroxyl groups is 1. The zero-order chi connectivity index (χ0) is 17.1. The number of benzene rings is 2. The van der Waals surface area contributed by atoms with Crippen LogP contribution in [0.25, 0.3) is 21.9 Å². The van der Waals surface area contributed by atoms with Crippen LogP contribution in [0.4, 0.5) is 5.69 Å². The number of carbonyl (C=O) groups excluding carboxylic acids is 2. The van der Waals surface area contributed by atoms with Gasteiger partial charge < -0.3 is 20.2 Å². The molecule has 3 N–H and O–H groups in total. The first-order valence-electron chi connectivity index (χ1n) is 7.76. The first-order valence-corrected chi connectivity index (χ1v) is 7.76. The molecular formula is C18H18N2O4. The van der Waals surface area contributed by atoms with E-state index in [0.717, 1.165) is 16.4 Å². The fourth-order valence-corrected chi connectivity index (χ4v) is 2.52. The van der Waals surface area contributed by atoms with Gasteiger partial charge in [-0.15, -0.1) is 0 Å². The van der Waals surface area contributed by atoms with E-state index in [1.165, 1.54) is 0 Å². The van der Waals surface area contributed by atoms with Gasteiger partial charge in [-0.2, -0.15) is 0 Å². The van der Waals surface area contributed by atoms with Crippen molar-refractivity contribution >= 4 is 39.4 Å². The number of fused-ring (bicyclic) bond motifs is 3. The van der Waals surface area contributed by atoms with E-state index in [1.54, 1.807) is 12.1 Å². The molecule has 0 spiro atoms. The molecule has 2 amide bonds. The molecule has 0 saturated carbocycles. The summed E-state index contributed by atoms with van der Waals surface area (Å²) in [5.41, 5.74) is 1.87. The minimum Gasteiger partial charge on any atom is -0.456 e. The lowest BCUT2D eigenvalue weighted by atomic mass is 10.1. The quantitative estimate of drug-likeness (QED) is 0.642. The number of carbonyl (C=O) groups is 2. The zero-order valence-electron chi connectivity index (χ0n) is 13.2. The average molecular weight is 326 g/mol. The maximum Gasteiger partial charge on any atom is 0.313 e. The Hall–Kier alpha value is -2.86. The molecule has 3 rings (SSSR count). The van der Waals surface area contributed by atoms with Crippen LogP contribution in [0.3, 0.4) is 0 Å². The van der Waals surface area contributed by atoms with Gasteiger partial charge in [0.15, 0.2) is 0 Å². The SMILES string of the molecule is CCC(CO)NC(=O)C(=O)Nc1ccc2c(c1)oc1ccccc12. The Morgan fingerprint density at radius 2 is 1.83 bits per heavy atom. The molecule has 1 heterocycles. The number of amides is 2. The Labute approximate surface area is 138 Å². The second-order valence-electron chi connectivity index (χ2n) is 5.52. The molecule has 1 atom stereocenters. The summed E-state index contributed by atoms with van der Waals surface area (Å²) in [6.07, 6.45) is 0.542. The van der Waals surface area contributed by atoms with Crippen molar-refractivity contribution in [3.05, 3.63) is 42.5 Å². The van der Waals surface area contributed by atoms with Crippen molar-refractivity contribution in [2.24, 2.45) is 0 Å². The highest BCUT2D eigenvalue weighted by molar-refractivity contribution is 6.39. The van der Waals surface area contributed by atoms with Crippen LogP contribution >= 0.6 is 0 Å². The summed E-state index contributed by atoms with van der Waals surface area (Å²) in [7, 11) is 0. The fraction of sp³-hybridized carbons (Fsp3) is 0.222. The number of para-hydroxylation sites is 1. The van der Waals surface area contributed by atoms with E-state index in [9.17, 15) is 9.59 Å². The summed E-state index contributed by atoms with van der Waals surface area (Å²) in [5, 5.41) is 16.0. The summed E-state index contributed by atoms with van der Waals surface area (Å²) < 4.78 is 5.75. The van der Waals surface area contributed by atoms with Crippen molar-refractivity contribution in [3.8, 4) is 0 Å². The molecule has 0 aliphatic heterocycles. The number of anilines is 1. The molecule has 124 valence electrons. The van der Waals surface area contributed by atoms with Crippen molar-refractivity contribution in [2.75, 3.05) is 11.9 Å². The van der Waals surface area contributed by atoms with Gasteiger partial charge in [-0.1, -0.05) is 25.1 Å². The van der Waals surface area contributed by atoms with Crippen molar-refractivity contribution in [2.45, 2.75) is 19.4 Å². The lowest BCUT2D eigenvalue weighted by molar-refractivity contribution is -0.136. The van der Waals surface area contributed by atoms with Crippen LogP contribution < -0.4 is 10.6 Å². The minimum atomic E-state index is -0.780. The van der Waals surface area contributed by atoms with Gasteiger partial charge in [0.05, 0.1) is 12.6 Å². The summed E-state index contributed by atoms with van der Waals surface area (Å²) in [5.74, 6) is -1.56.